The van der Waals surface area contributed by atoms with Gasteiger partial charge in [-0.25, -0.2) is 9.59 Å². The zero-order valence-corrected chi connectivity index (χ0v) is 11.2. The van der Waals surface area contributed by atoms with E-state index in [0.29, 0.717) is 0 Å². The Balaban J connectivity index is 4.45. The molecule has 0 fully saturated rings. The van der Waals surface area contributed by atoms with Gasteiger partial charge in [-0.2, -0.15) is 0 Å². The Morgan fingerprint density at radius 2 is 1.72 bits per heavy atom. The first-order valence-electron chi connectivity index (χ1n) is 5.82. The summed E-state index contributed by atoms with van der Waals surface area (Å²) < 4.78 is 0. The SMILES string of the molecule is CCCC(C)NC(=O)NC(=O)C(C)=C(C)C(=O)O. The molecule has 1 unspecified atom stereocenters. The van der Waals surface area contributed by atoms with Crippen molar-refractivity contribution < 1.29 is 19.5 Å². The third-order valence-corrected chi connectivity index (χ3v) is 2.55. The van der Waals surface area contributed by atoms with Crippen LogP contribution in [0.2, 0.25) is 0 Å². The highest BCUT2D eigenvalue weighted by molar-refractivity contribution is 6.07. The fraction of sp³-hybridized carbons (Fsp3) is 0.583. The van der Waals surface area contributed by atoms with Crippen molar-refractivity contribution in [2.75, 3.05) is 0 Å². The summed E-state index contributed by atoms with van der Waals surface area (Å²) in [5, 5.41) is 13.4. The molecule has 0 rings (SSSR count). The molecule has 0 aliphatic heterocycles. The molecule has 0 heterocycles. The number of carboxylic acid groups (broad SMARTS) is 1. The van der Waals surface area contributed by atoms with Gasteiger partial charge in [-0.15, -0.1) is 0 Å². The van der Waals surface area contributed by atoms with Crippen LogP contribution in [0.5, 0.6) is 0 Å². The first-order valence-corrected chi connectivity index (χ1v) is 5.82. The van der Waals surface area contributed by atoms with Crippen LogP contribution >= 0.6 is 0 Å². The van der Waals surface area contributed by atoms with Gasteiger partial charge in [-0.3, -0.25) is 10.1 Å². The van der Waals surface area contributed by atoms with Crippen molar-refractivity contribution in [2.45, 2.75) is 46.6 Å². The lowest BCUT2D eigenvalue weighted by molar-refractivity contribution is -0.133. The maximum Gasteiger partial charge on any atom is 0.331 e. The van der Waals surface area contributed by atoms with E-state index in [0.717, 1.165) is 12.8 Å². The van der Waals surface area contributed by atoms with E-state index in [4.69, 9.17) is 5.11 Å². The summed E-state index contributed by atoms with van der Waals surface area (Å²) in [5.41, 5.74) is -0.0669. The molecule has 3 amide bonds. The molecule has 6 nitrogen and oxygen atoms in total. The van der Waals surface area contributed by atoms with E-state index in [1.165, 1.54) is 13.8 Å². The van der Waals surface area contributed by atoms with Crippen molar-refractivity contribution in [3.63, 3.8) is 0 Å². The molecule has 0 aliphatic carbocycles. The van der Waals surface area contributed by atoms with E-state index in [1.807, 2.05) is 13.8 Å². The second-order valence-electron chi connectivity index (χ2n) is 4.17. The van der Waals surface area contributed by atoms with Crippen molar-refractivity contribution >= 4 is 17.9 Å². The number of aliphatic carboxylic acids is 1. The van der Waals surface area contributed by atoms with Crippen LogP contribution in [0.1, 0.15) is 40.5 Å². The number of hydrogen-bond acceptors (Lipinski definition) is 3. The molecular weight excluding hydrogens is 236 g/mol. The van der Waals surface area contributed by atoms with Gasteiger partial charge in [0.1, 0.15) is 0 Å². The van der Waals surface area contributed by atoms with Gasteiger partial charge in [0.15, 0.2) is 0 Å². The lowest BCUT2D eigenvalue weighted by atomic mass is 10.1. The largest absolute Gasteiger partial charge is 0.478 e. The average molecular weight is 256 g/mol. The van der Waals surface area contributed by atoms with E-state index < -0.39 is 17.9 Å². The highest BCUT2D eigenvalue weighted by Crippen LogP contribution is 2.03. The predicted molar refractivity (Wildman–Crippen MR) is 67.1 cm³/mol. The molecule has 1 atom stereocenters. The number of nitrogens with one attached hydrogen (secondary N) is 2. The van der Waals surface area contributed by atoms with Crippen molar-refractivity contribution in [3.05, 3.63) is 11.1 Å². The Morgan fingerprint density at radius 3 is 2.17 bits per heavy atom. The molecule has 0 saturated carbocycles. The quantitative estimate of drug-likeness (QED) is 0.648. The first-order chi connectivity index (χ1) is 8.29. The van der Waals surface area contributed by atoms with Gasteiger partial charge in [-0.05, 0) is 27.2 Å². The maximum absolute atomic E-state index is 11.5. The van der Waals surface area contributed by atoms with E-state index in [2.05, 4.69) is 10.6 Å². The lowest BCUT2D eigenvalue weighted by Gasteiger charge is -2.13. The van der Waals surface area contributed by atoms with Crippen LogP contribution in [0.4, 0.5) is 4.79 Å². The van der Waals surface area contributed by atoms with E-state index in [-0.39, 0.29) is 17.2 Å². The standard InChI is InChI=1S/C12H20N2O4/c1-5-6-7(2)13-12(18)14-10(15)8(3)9(4)11(16)17/h7H,5-6H2,1-4H3,(H,16,17)(H2,13,14,15,18). The summed E-state index contributed by atoms with van der Waals surface area (Å²) in [6.07, 6.45) is 1.73. The number of carbonyl (C=O) groups is 3. The van der Waals surface area contributed by atoms with Gasteiger partial charge in [-0.1, -0.05) is 13.3 Å². The summed E-state index contributed by atoms with van der Waals surface area (Å²) in [6.45, 7) is 6.50. The Hall–Kier alpha value is -1.85. The molecule has 18 heavy (non-hydrogen) atoms. The minimum absolute atomic E-state index is 0.0146. The van der Waals surface area contributed by atoms with Crippen molar-refractivity contribution in [1.82, 2.24) is 10.6 Å². The number of carboxylic acids is 1. The van der Waals surface area contributed by atoms with Crippen LogP contribution < -0.4 is 10.6 Å². The van der Waals surface area contributed by atoms with Gasteiger partial charge in [0.2, 0.25) is 0 Å². The number of imide groups is 1. The molecule has 3 N–H and O–H groups in total. The molecule has 0 aromatic rings. The Labute approximate surface area is 106 Å². The van der Waals surface area contributed by atoms with Gasteiger partial charge in [0, 0.05) is 17.2 Å². The summed E-state index contributed by atoms with van der Waals surface area (Å²) in [7, 11) is 0. The van der Waals surface area contributed by atoms with Crippen LogP contribution in [0, 0.1) is 0 Å². The number of rotatable bonds is 5. The topological polar surface area (TPSA) is 95.5 Å². The van der Waals surface area contributed by atoms with Crippen molar-refractivity contribution in [2.24, 2.45) is 0 Å². The number of hydrogen-bond donors (Lipinski definition) is 3. The number of amides is 3. The highest BCUT2D eigenvalue weighted by atomic mass is 16.4. The fourth-order valence-corrected chi connectivity index (χ4v) is 1.29. The van der Waals surface area contributed by atoms with Crippen LogP contribution in [0.3, 0.4) is 0 Å². The summed E-state index contributed by atoms with van der Waals surface area (Å²) in [5.74, 6) is -1.88. The van der Waals surface area contributed by atoms with E-state index in [1.54, 1.807) is 0 Å². The normalized spacial score (nSPS) is 13.3. The third-order valence-electron chi connectivity index (χ3n) is 2.55. The Morgan fingerprint density at radius 1 is 1.17 bits per heavy atom. The summed E-state index contributed by atoms with van der Waals surface area (Å²) >= 11 is 0. The zero-order valence-electron chi connectivity index (χ0n) is 11.2. The monoisotopic (exact) mass is 256 g/mol. The van der Waals surface area contributed by atoms with Crippen molar-refractivity contribution in [3.8, 4) is 0 Å². The van der Waals surface area contributed by atoms with Gasteiger partial charge < -0.3 is 10.4 Å². The minimum Gasteiger partial charge on any atom is -0.478 e. The van der Waals surface area contributed by atoms with Crippen molar-refractivity contribution in [1.29, 1.82) is 0 Å². The van der Waals surface area contributed by atoms with Gasteiger partial charge >= 0.3 is 12.0 Å². The minimum atomic E-state index is -1.18. The van der Waals surface area contributed by atoms with Gasteiger partial charge in [0.25, 0.3) is 5.91 Å². The Kier molecular flexibility index (Phi) is 6.70. The summed E-state index contributed by atoms with van der Waals surface area (Å²) in [6, 6.07) is -0.647. The first kappa shape index (κ1) is 16.1. The van der Waals surface area contributed by atoms with Crippen LogP contribution in [-0.2, 0) is 9.59 Å². The third kappa shape index (κ3) is 5.47. The highest BCUT2D eigenvalue weighted by Gasteiger charge is 2.15. The molecule has 0 radical (unpaired) electrons. The molecule has 0 aromatic carbocycles. The predicted octanol–water partition coefficient (Wildman–Crippen LogP) is 1.42. The van der Waals surface area contributed by atoms with E-state index in [9.17, 15) is 14.4 Å². The van der Waals surface area contributed by atoms with Crippen LogP contribution in [0.15, 0.2) is 11.1 Å². The smallest absolute Gasteiger partial charge is 0.331 e. The van der Waals surface area contributed by atoms with Crippen LogP contribution in [0.25, 0.3) is 0 Å². The second-order valence-corrected chi connectivity index (χ2v) is 4.17. The molecule has 0 bridgehead atoms. The Bertz CT molecular complexity index is 374. The molecule has 102 valence electrons. The average Bonchev–Trinajstić information content (AvgIpc) is 2.26. The number of carbonyl (C=O) groups excluding carboxylic acids is 2. The molecule has 6 heteroatoms. The molecule has 0 spiro atoms. The summed E-state index contributed by atoms with van der Waals surface area (Å²) in [4.78, 5) is 33.6. The van der Waals surface area contributed by atoms with Crippen LogP contribution in [-0.4, -0.2) is 29.1 Å². The van der Waals surface area contributed by atoms with E-state index >= 15 is 0 Å². The molecule has 0 aromatic heterocycles. The zero-order chi connectivity index (χ0) is 14.3. The molecule has 0 aliphatic rings. The van der Waals surface area contributed by atoms with Gasteiger partial charge in [0.05, 0.1) is 0 Å². The fourth-order valence-electron chi connectivity index (χ4n) is 1.29. The molecule has 0 saturated heterocycles. The second kappa shape index (κ2) is 7.47. The molecular formula is C12H20N2O4. The lowest BCUT2D eigenvalue weighted by Crippen LogP contribution is -2.44. The number of urea groups is 1. The maximum atomic E-state index is 11.5.